The second-order valence-electron chi connectivity index (χ2n) is 19.2. The molecule has 0 N–H and O–H groups in total. The number of hydrogen-bond donors (Lipinski definition) is 0. The molecule has 0 aromatic carbocycles. The molecule has 15 nitrogen and oxygen atoms in total. The molecule has 73 heavy (non-hydrogen) atoms. The van der Waals surface area contributed by atoms with Crippen molar-refractivity contribution in [1.29, 1.82) is 0 Å². The number of esters is 6. The van der Waals surface area contributed by atoms with Gasteiger partial charge in [-0.3, -0.25) is 33.7 Å². The molecule has 1 saturated heterocycles. The summed E-state index contributed by atoms with van der Waals surface area (Å²) in [6.07, 6.45) is 23.8. The molecule has 0 spiro atoms. The van der Waals surface area contributed by atoms with E-state index in [0.29, 0.717) is 12.8 Å². The van der Waals surface area contributed by atoms with E-state index in [1.165, 1.54) is 30.6 Å². The molecule has 0 aliphatic carbocycles. The standard InChI is InChI=1S/C55H96NO14.2CH3.Li/c1-6-11-15-19-23-27-33-65-49(57)37-45(38-50(58)66-34-28-24-20-16-12-7-2)41-53(61)69-43-47-31-32-48(56(47)55(63)64-10-5)44-70-54(62)42-46(39-51(59)67-35-29-25-21-17-13-8-3)40-52(60)68-36-30-26-22-18-14-9-4;;;/h45-48H,5-44H2,1-4H3;2*1H3;/q3*-1;+1/t47-,48-;;;/m0.../s1. The second kappa shape index (κ2) is 50.8. The van der Waals surface area contributed by atoms with Crippen LogP contribution < -0.4 is 18.9 Å². The Morgan fingerprint density at radius 2 is 0.616 bits per heavy atom. The summed E-state index contributed by atoms with van der Waals surface area (Å²) < 4.78 is 38.5. The molecule has 2 atom stereocenters. The molecule has 0 aromatic heterocycles. The van der Waals surface area contributed by atoms with Gasteiger partial charge in [0, 0.05) is 38.5 Å². The monoisotopic (exact) mass is 1030 g/mol. The minimum absolute atomic E-state index is 0. The zero-order valence-electron chi connectivity index (χ0n) is 47.3. The van der Waals surface area contributed by atoms with Crippen LogP contribution in [-0.2, 0) is 61.9 Å². The normalized spacial score (nSPS) is 13.8. The summed E-state index contributed by atoms with van der Waals surface area (Å²) in [7, 11) is 0. The van der Waals surface area contributed by atoms with Gasteiger partial charge < -0.3 is 54.9 Å². The maximum Gasteiger partial charge on any atom is 1.00 e. The Morgan fingerprint density at radius 3 is 0.863 bits per heavy atom. The largest absolute Gasteiger partial charge is 1.00 e. The van der Waals surface area contributed by atoms with Gasteiger partial charge in [0.05, 0.1) is 38.5 Å². The van der Waals surface area contributed by atoms with Crippen LogP contribution in [0.25, 0.3) is 0 Å². The molecule has 1 heterocycles. The SMILES string of the molecule is [CH2-]COC(=O)N1[C@H](COC(=O)CC(CC(=O)OCCCCCCCC)CC(=O)OCCCCCCCC)CC[C@H]1COC(=O)CC(CC(=O)OCCCCCCCC)CC(=O)OCCCCCCCC.[CH3-].[CH3-].[Li+]. The van der Waals surface area contributed by atoms with Crippen molar-refractivity contribution in [3.63, 3.8) is 0 Å². The zero-order valence-corrected chi connectivity index (χ0v) is 47.3. The number of carbonyl (C=O) groups is 7. The van der Waals surface area contributed by atoms with Gasteiger partial charge in [-0.15, -0.1) is 0 Å². The van der Waals surface area contributed by atoms with E-state index in [9.17, 15) is 33.6 Å². The summed E-state index contributed by atoms with van der Waals surface area (Å²) >= 11 is 0. The van der Waals surface area contributed by atoms with Crippen molar-refractivity contribution < 1.29 is 85.6 Å². The van der Waals surface area contributed by atoms with Crippen molar-refractivity contribution in [2.24, 2.45) is 11.8 Å². The van der Waals surface area contributed by atoms with Gasteiger partial charge in [0.25, 0.3) is 0 Å². The predicted octanol–water partition coefficient (Wildman–Crippen LogP) is 9.97. The first-order valence-corrected chi connectivity index (χ1v) is 27.7. The van der Waals surface area contributed by atoms with Crippen LogP contribution in [0.4, 0.5) is 4.79 Å². The quantitative estimate of drug-likeness (QED) is 0.0184. The van der Waals surface area contributed by atoms with Gasteiger partial charge in [0.1, 0.15) is 13.2 Å². The Morgan fingerprint density at radius 1 is 0.384 bits per heavy atom. The van der Waals surface area contributed by atoms with Gasteiger partial charge >= 0.3 is 60.8 Å². The van der Waals surface area contributed by atoms with Gasteiger partial charge in [-0.1, -0.05) is 156 Å². The minimum atomic E-state index is -0.715. The van der Waals surface area contributed by atoms with E-state index in [1.54, 1.807) is 0 Å². The Labute approximate surface area is 455 Å². The second-order valence-corrected chi connectivity index (χ2v) is 19.2. The average molecular weight is 1030 g/mol. The molecule has 16 heteroatoms. The number of likely N-dealkylation sites (tertiary alicyclic amines) is 1. The fourth-order valence-corrected chi connectivity index (χ4v) is 8.60. The van der Waals surface area contributed by atoms with Gasteiger partial charge in [-0.2, -0.15) is 0 Å². The topological polar surface area (TPSA) is 187 Å². The van der Waals surface area contributed by atoms with Crippen molar-refractivity contribution >= 4 is 41.9 Å². The molecule has 0 radical (unpaired) electrons. The molecule has 0 saturated carbocycles. The number of unbranched alkanes of at least 4 members (excludes halogenated alkanes) is 20. The molecule has 1 aliphatic rings. The third-order valence-corrected chi connectivity index (χ3v) is 12.7. The molecule has 0 aromatic rings. The molecule has 0 bridgehead atoms. The first-order valence-electron chi connectivity index (χ1n) is 27.7. The van der Waals surface area contributed by atoms with Crippen molar-refractivity contribution in [2.75, 3.05) is 46.2 Å². The Balaban J connectivity index is -0.0000163. The fraction of sp³-hybridized carbons (Fsp3) is 0.825. The van der Waals surface area contributed by atoms with E-state index >= 15 is 0 Å². The van der Waals surface area contributed by atoms with E-state index in [0.717, 1.165) is 128 Å². The summed E-state index contributed by atoms with van der Waals surface area (Å²) in [5, 5.41) is 0. The van der Waals surface area contributed by atoms with Crippen molar-refractivity contribution in [1.82, 2.24) is 4.90 Å². The molecule has 1 rings (SSSR count). The Bertz CT molecular complexity index is 1260. The fourth-order valence-electron chi connectivity index (χ4n) is 8.60. The maximum absolute atomic E-state index is 13.3. The summed E-state index contributed by atoms with van der Waals surface area (Å²) in [6, 6.07) is -1.24. The van der Waals surface area contributed by atoms with Crippen LogP contribution >= 0.6 is 0 Å². The van der Waals surface area contributed by atoms with Gasteiger partial charge in [0.2, 0.25) is 0 Å². The summed E-state index contributed by atoms with van der Waals surface area (Å²) in [5.74, 6) is -4.71. The first kappa shape index (κ1) is 73.9. The molecular weight excluding hydrogens is 930 g/mol. The van der Waals surface area contributed by atoms with E-state index < -0.39 is 65.8 Å². The first-order chi connectivity index (χ1) is 34.0. The number of nitrogens with zero attached hydrogens (tertiary/aromatic N) is 1. The third-order valence-electron chi connectivity index (χ3n) is 12.7. The minimum Gasteiger partial charge on any atom is -0.483 e. The number of rotatable bonds is 45. The van der Waals surface area contributed by atoms with Crippen LogP contribution in [-0.4, -0.2) is 105 Å². The van der Waals surface area contributed by atoms with Crippen LogP contribution in [0, 0.1) is 33.6 Å². The van der Waals surface area contributed by atoms with Gasteiger partial charge in [-0.25, -0.2) is 4.79 Å². The molecule has 422 valence electrons. The Kier molecular flexibility index (Phi) is 51.5. The van der Waals surface area contributed by atoms with Crippen LogP contribution in [0.5, 0.6) is 0 Å². The molecule has 1 aliphatic heterocycles. The van der Waals surface area contributed by atoms with Crippen LogP contribution in [0.15, 0.2) is 0 Å². The van der Waals surface area contributed by atoms with Gasteiger partial charge in [-0.05, 0) is 57.0 Å². The Hall–Kier alpha value is -3.31. The molecule has 0 unspecified atom stereocenters. The van der Waals surface area contributed by atoms with Gasteiger partial charge in [0.15, 0.2) is 0 Å². The number of carbonyl (C=O) groups excluding carboxylic acids is 7. The smallest absolute Gasteiger partial charge is 0.483 e. The van der Waals surface area contributed by atoms with E-state index in [2.05, 4.69) is 34.6 Å². The summed E-state index contributed by atoms with van der Waals surface area (Å²) in [6.45, 7) is 12.7. The van der Waals surface area contributed by atoms with Crippen molar-refractivity contribution in [3.8, 4) is 0 Å². The van der Waals surface area contributed by atoms with Crippen molar-refractivity contribution in [3.05, 3.63) is 21.8 Å². The number of ether oxygens (including phenoxy) is 7. The number of hydrogen-bond acceptors (Lipinski definition) is 14. The third kappa shape index (κ3) is 40.6. The van der Waals surface area contributed by atoms with Crippen molar-refractivity contribution in [2.45, 2.75) is 245 Å². The van der Waals surface area contributed by atoms with E-state index in [1.807, 2.05) is 0 Å². The molecule has 1 fully saturated rings. The zero-order chi connectivity index (χ0) is 51.5. The van der Waals surface area contributed by atoms with E-state index in [4.69, 9.17) is 33.2 Å². The van der Waals surface area contributed by atoms with Crippen LogP contribution in [0.3, 0.4) is 0 Å². The average Bonchev–Trinajstić information content (AvgIpc) is 3.74. The number of amides is 1. The van der Waals surface area contributed by atoms with Crippen LogP contribution in [0.1, 0.15) is 233 Å². The molecular formula is C57H102LiNO14-2. The summed E-state index contributed by atoms with van der Waals surface area (Å²) in [5.41, 5.74) is 0. The van der Waals surface area contributed by atoms with E-state index in [-0.39, 0.29) is 118 Å². The maximum atomic E-state index is 13.3. The van der Waals surface area contributed by atoms with Crippen LogP contribution in [0.2, 0.25) is 0 Å². The molecule has 1 amide bonds. The summed E-state index contributed by atoms with van der Waals surface area (Å²) in [4.78, 5) is 92.9. The predicted molar refractivity (Wildman–Crippen MR) is 282 cm³/mol.